The molecule has 0 bridgehead atoms. The first-order chi connectivity index (χ1) is 11.3. The SMILES string of the molecule is [CH2]CC(c1cccc([CH2])c1)N1CCN(Cc2ccccc2)CC1. The van der Waals surface area contributed by atoms with E-state index in [4.69, 9.17) is 0 Å². The van der Waals surface area contributed by atoms with E-state index in [-0.39, 0.29) is 0 Å². The van der Waals surface area contributed by atoms with Gasteiger partial charge in [-0.2, -0.15) is 0 Å². The molecule has 2 aromatic carbocycles. The Morgan fingerprint density at radius 2 is 1.65 bits per heavy atom. The first kappa shape index (κ1) is 16.2. The molecule has 0 aliphatic carbocycles. The van der Waals surface area contributed by atoms with Crippen LogP contribution in [0.5, 0.6) is 0 Å². The Bertz CT molecular complexity index is 600. The second kappa shape index (κ2) is 7.76. The van der Waals surface area contributed by atoms with Crippen molar-refractivity contribution in [2.24, 2.45) is 0 Å². The van der Waals surface area contributed by atoms with E-state index in [2.05, 4.69) is 78.2 Å². The van der Waals surface area contributed by atoms with Crippen LogP contribution in [0.4, 0.5) is 0 Å². The first-order valence-electron chi connectivity index (χ1n) is 8.48. The topological polar surface area (TPSA) is 6.48 Å². The minimum absolute atomic E-state index is 0.413. The van der Waals surface area contributed by atoms with Crippen LogP contribution in [0, 0.1) is 13.8 Å². The van der Waals surface area contributed by atoms with Gasteiger partial charge in [-0.3, -0.25) is 9.80 Å². The number of piperazine rings is 1. The van der Waals surface area contributed by atoms with Crippen molar-refractivity contribution >= 4 is 0 Å². The average Bonchev–Trinajstić information content (AvgIpc) is 2.58. The molecule has 2 aromatic rings. The van der Waals surface area contributed by atoms with Gasteiger partial charge >= 0.3 is 0 Å². The minimum atomic E-state index is 0.413. The maximum absolute atomic E-state index is 4.18. The average molecular weight is 306 g/mol. The summed E-state index contributed by atoms with van der Waals surface area (Å²) in [6.45, 7) is 13.7. The van der Waals surface area contributed by atoms with Crippen LogP contribution in [-0.4, -0.2) is 36.0 Å². The van der Waals surface area contributed by atoms with Crippen LogP contribution >= 0.6 is 0 Å². The summed E-state index contributed by atoms with van der Waals surface area (Å²) < 4.78 is 0. The summed E-state index contributed by atoms with van der Waals surface area (Å²) in [6.07, 6.45) is 0.905. The summed E-state index contributed by atoms with van der Waals surface area (Å²) in [5, 5.41) is 0. The van der Waals surface area contributed by atoms with Gasteiger partial charge in [-0.1, -0.05) is 61.5 Å². The Morgan fingerprint density at radius 1 is 0.913 bits per heavy atom. The lowest BCUT2D eigenvalue weighted by Gasteiger charge is -2.39. The molecule has 1 atom stereocenters. The molecule has 0 saturated carbocycles. The van der Waals surface area contributed by atoms with Gasteiger partial charge in [0.25, 0.3) is 0 Å². The number of hydrogen-bond donors (Lipinski definition) is 0. The Hall–Kier alpha value is -1.64. The molecule has 0 aromatic heterocycles. The van der Waals surface area contributed by atoms with Crippen LogP contribution in [-0.2, 0) is 6.54 Å². The standard InChI is InChI=1S/C21H26N2/c1-3-21(20-11-7-8-18(2)16-20)23-14-12-22(13-15-23)17-19-9-5-4-6-10-19/h4-11,16,21H,1-3,12-15,17H2. The zero-order chi connectivity index (χ0) is 16.1. The van der Waals surface area contributed by atoms with Crippen molar-refractivity contribution in [3.63, 3.8) is 0 Å². The van der Waals surface area contributed by atoms with Gasteiger partial charge in [0.15, 0.2) is 0 Å². The quantitative estimate of drug-likeness (QED) is 0.825. The third-order valence-electron chi connectivity index (χ3n) is 4.71. The first-order valence-corrected chi connectivity index (χ1v) is 8.48. The molecule has 2 radical (unpaired) electrons. The molecule has 0 amide bonds. The number of rotatable bonds is 5. The van der Waals surface area contributed by atoms with Crippen LogP contribution in [0.15, 0.2) is 54.6 Å². The van der Waals surface area contributed by atoms with Crippen molar-refractivity contribution in [1.82, 2.24) is 9.80 Å². The van der Waals surface area contributed by atoms with Crippen LogP contribution in [0.1, 0.15) is 29.2 Å². The Morgan fingerprint density at radius 3 is 2.30 bits per heavy atom. The van der Waals surface area contributed by atoms with E-state index in [1.165, 1.54) is 11.1 Å². The van der Waals surface area contributed by atoms with E-state index in [1.807, 2.05) is 0 Å². The van der Waals surface area contributed by atoms with Gasteiger partial charge in [-0.05, 0) is 30.0 Å². The molecule has 2 nitrogen and oxygen atoms in total. The number of hydrogen-bond acceptors (Lipinski definition) is 2. The lowest BCUT2D eigenvalue weighted by Crippen LogP contribution is -2.47. The smallest absolute Gasteiger partial charge is 0.0349 e. The van der Waals surface area contributed by atoms with Crippen molar-refractivity contribution in [3.05, 3.63) is 85.1 Å². The molecule has 0 N–H and O–H groups in total. The molecule has 1 saturated heterocycles. The van der Waals surface area contributed by atoms with Crippen molar-refractivity contribution in [3.8, 4) is 0 Å². The third-order valence-corrected chi connectivity index (χ3v) is 4.71. The molecule has 1 fully saturated rings. The number of benzene rings is 2. The lowest BCUT2D eigenvalue weighted by atomic mass is 10.00. The largest absolute Gasteiger partial charge is 0.297 e. The van der Waals surface area contributed by atoms with E-state index in [0.717, 1.165) is 44.7 Å². The molecule has 120 valence electrons. The fraction of sp³-hybridized carbons (Fsp3) is 0.333. The predicted octanol–water partition coefficient (Wildman–Crippen LogP) is 3.95. The molecule has 0 spiro atoms. The Labute approximate surface area is 140 Å². The fourth-order valence-electron chi connectivity index (χ4n) is 3.44. The van der Waals surface area contributed by atoms with Gasteiger partial charge in [0.2, 0.25) is 0 Å². The van der Waals surface area contributed by atoms with Gasteiger partial charge in [-0.25, -0.2) is 0 Å². The Balaban J connectivity index is 1.59. The van der Waals surface area contributed by atoms with Gasteiger partial charge in [0.1, 0.15) is 0 Å². The van der Waals surface area contributed by atoms with Gasteiger partial charge in [-0.15, -0.1) is 0 Å². The van der Waals surface area contributed by atoms with Crippen molar-refractivity contribution in [1.29, 1.82) is 0 Å². The second-order valence-electron chi connectivity index (χ2n) is 6.35. The highest BCUT2D eigenvalue weighted by atomic mass is 15.3. The summed E-state index contributed by atoms with van der Waals surface area (Å²) in [4.78, 5) is 5.12. The lowest BCUT2D eigenvalue weighted by molar-refractivity contribution is 0.0919. The van der Waals surface area contributed by atoms with Crippen LogP contribution in [0.25, 0.3) is 0 Å². The summed E-state index contributed by atoms with van der Waals surface area (Å²) in [5.74, 6) is 0. The zero-order valence-electron chi connectivity index (χ0n) is 13.8. The molecule has 1 aliphatic rings. The summed E-state index contributed by atoms with van der Waals surface area (Å²) in [5.41, 5.74) is 3.84. The maximum Gasteiger partial charge on any atom is 0.0349 e. The summed E-state index contributed by atoms with van der Waals surface area (Å²) >= 11 is 0. The monoisotopic (exact) mass is 306 g/mol. The summed E-state index contributed by atoms with van der Waals surface area (Å²) in [7, 11) is 0. The highest BCUT2D eigenvalue weighted by molar-refractivity contribution is 5.28. The van der Waals surface area contributed by atoms with Crippen LogP contribution in [0.2, 0.25) is 0 Å². The van der Waals surface area contributed by atoms with Gasteiger partial charge in [0.05, 0.1) is 0 Å². The molecule has 1 heterocycles. The van der Waals surface area contributed by atoms with Gasteiger partial charge in [0, 0.05) is 38.8 Å². The highest BCUT2D eigenvalue weighted by Gasteiger charge is 2.23. The van der Waals surface area contributed by atoms with E-state index < -0.39 is 0 Å². The van der Waals surface area contributed by atoms with E-state index in [1.54, 1.807) is 0 Å². The van der Waals surface area contributed by atoms with E-state index in [0.29, 0.717) is 6.04 Å². The minimum Gasteiger partial charge on any atom is -0.297 e. The van der Waals surface area contributed by atoms with Crippen molar-refractivity contribution < 1.29 is 0 Å². The van der Waals surface area contributed by atoms with E-state index >= 15 is 0 Å². The molecule has 1 aliphatic heterocycles. The predicted molar refractivity (Wildman–Crippen MR) is 96.9 cm³/mol. The molecular formula is C21H26N2. The molecule has 2 heteroatoms. The third kappa shape index (κ3) is 4.21. The van der Waals surface area contributed by atoms with Crippen molar-refractivity contribution in [2.75, 3.05) is 26.2 Å². The molecule has 23 heavy (non-hydrogen) atoms. The van der Waals surface area contributed by atoms with E-state index in [9.17, 15) is 0 Å². The van der Waals surface area contributed by atoms with Crippen LogP contribution < -0.4 is 0 Å². The maximum atomic E-state index is 4.18. The Kier molecular flexibility index (Phi) is 5.47. The zero-order valence-corrected chi connectivity index (χ0v) is 13.8. The van der Waals surface area contributed by atoms with Crippen molar-refractivity contribution in [2.45, 2.75) is 19.0 Å². The number of nitrogens with zero attached hydrogens (tertiary/aromatic N) is 2. The normalized spacial score (nSPS) is 18.0. The van der Waals surface area contributed by atoms with Gasteiger partial charge < -0.3 is 0 Å². The second-order valence-corrected chi connectivity index (χ2v) is 6.35. The summed E-state index contributed by atoms with van der Waals surface area (Å²) in [6, 6.07) is 19.7. The molecule has 3 rings (SSSR count). The van der Waals surface area contributed by atoms with Crippen LogP contribution in [0.3, 0.4) is 0 Å². The molecular weight excluding hydrogens is 280 g/mol. The highest BCUT2D eigenvalue weighted by Crippen LogP contribution is 2.26. The molecule has 1 unspecified atom stereocenters. The fourth-order valence-corrected chi connectivity index (χ4v) is 3.44.